The van der Waals surface area contributed by atoms with Gasteiger partial charge in [-0.3, -0.25) is 0 Å². The Morgan fingerprint density at radius 1 is 1.32 bits per heavy atom. The topological polar surface area (TPSA) is 25.2 Å². The molecule has 0 bridgehead atoms. The highest BCUT2D eigenvalue weighted by Crippen LogP contribution is 2.40. The van der Waals surface area contributed by atoms with Gasteiger partial charge in [-0.1, -0.05) is 27.2 Å². The van der Waals surface area contributed by atoms with Crippen molar-refractivity contribution >= 4 is 0 Å². The van der Waals surface area contributed by atoms with Crippen LogP contribution in [0.4, 0.5) is 0 Å². The molecule has 2 heteroatoms. The van der Waals surface area contributed by atoms with E-state index in [2.05, 4.69) is 39.1 Å². The molecule has 0 aromatic carbocycles. The zero-order valence-corrected chi connectivity index (χ0v) is 12.9. The maximum atomic E-state index is 5.47. The molecule has 108 valence electrons. The van der Waals surface area contributed by atoms with Gasteiger partial charge in [0.1, 0.15) is 5.76 Å². The van der Waals surface area contributed by atoms with Crippen molar-refractivity contribution in [1.29, 1.82) is 0 Å². The lowest BCUT2D eigenvalue weighted by Crippen LogP contribution is -2.37. The van der Waals surface area contributed by atoms with Crippen molar-refractivity contribution in [2.24, 2.45) is 11.3 Å². The normalized spacial score (nSPS) is 26.3. The standard InChI is InChI=1S/C17H29NO/c1-5-17(3,4)14-8-10-15(11-9-14)18-13(2)16-7-6-12-19-16/h6-7,12-15,18H,5,8-11H2,1-4H3/t13-,14?,15?/m0/s1. The van der Waals surface area contributed by atoms with Crippen LogP contribution in [0.1, 0.15) is 71.6 Å². The summed E-state index contributed by atoms with van der Waals surface area (Å²) in [6.45, 7) is 9.37. The van der Waals surface area contributed by atoms with Crippen LogP contribution < -0.4 is 5.32 Å². The molecule has 1 atom stereocenters. The minimum Gasteiger partial charge on any atom is -0.468 e. The summed E-state index contributed by atoms with van der Waals surface area (Å²) in [6, 6.07) is 5.01. The SMILES string of the molecule is CCC(C)(C)C1CCC(N[C@@H](C)c2ccco2)CC1. The summed E-state index contributed by atoms with van der Waals surface area (Å²) in [7, 11) is 0. The highest BCUT2D eigenvalue weighted by Gasteiger charge is 2.32. The molecule has 0 saturated heterocycles. The van der Waals surface area contributed by atoms with Crippen molar-refractivity contribution in [1.82, 2.24) is 5.32 Å². The summed E-state index contributed by atoms with van der Waals surface area (Å²) >= 11 is 0. The summed E-state index contributed by atoms with van der Waals surface area (Å²) in [5.74, 6) is 1.95. The molecule has 0 spiro atoms. The van der Waals surface area contributed by atoms with Crippen molar-refractivity contribution in [2.75, 3.05) is 0 Å². The highest BCUT2D eigenvalue weighted by molar-refractivity contribution is 5.03. The van der Waals surface area contributed by atoms with E-state index < -0.39 is 0 Å². The van der Waals surface area contributed by atoms with Crippen LogP contribution in [0.15, 0.2) is 22.8 Å². The van der Waals surface area contributed by atoms with E-state index in [0.29, 0.717) is 17.5 Å². The van der Waals surface area contributed by atoms with Gasteiger partial charge in [0.2, 0.25) is 0 Å². The molecule has 0 radical (unpaired) electrons. The fourth-order valence-electron chi connectivity index (χ4n) is 3.30. The smallest absolute Gasteiger partial charge is 0.120 e. The molecular formula is C17H29NO. The Balaban J connectivity index is 1.81. The minimum atomic E-state index is 0.329. The second-order valence-electron chi connectivity index (χ2n) is 6.79. The minimum absolute atomic E-state index is 0.329. The van der Waals surface area contributed by atoms with E-state index in [9.17, 15) is 0 Å². The zero-order chi connectivity index (χ0) is 13.9. The monoisotopic (exact) mass is 263 g/mol. The fourth-order valence-corrected chi connectivity index (χ4v) is 3.30. The summed E-state index contributed by atoms with van der Waals surface area (Å²) in [5, 5.41) is 3.72. The van der Waals surface area contributed by atoms with E-state index in [-0.39, 0.29) is 0 Å². The van der Waals surface area contributed by atoms with Crippen LogP contribution >= 0.6 is 0 Å². The summed E-state index contributed by atoms with van der Waals surface area (Å²) in [6.07, 6.45) is 8.39. The van der Waals surface area contributed by atoms with Gasteiger partial charge in [0.15, 0.2) is 0 Å². The zero-order valence-electron chi connectivity index (χ0n) is 12.9. The van der Waals surface area contributed by atoms with Gasteiger partial charge >= 0.3 is 0 Å². The molecule has 0 aliphatic heterocycles. The van der Waals surface area contributed by atoms with Crippen molar-refractivity contribution in [2.45, 2.75) is 71.9 Å². The van der Waals surface area contributed by atoms with Crippen LogP contribution in [0, 0.1) is 11.3 Å². The largest absolute Gasteiger partial charge is 0.468 e. The first-order valence-corrected chi connectivity index (χ1v) is 7.82. The average molecular weight is 263 g/mol. The lowest BCUT2D eigenvalue weighted by molar-refractivity contribution is 0.133. The number of rotatable bonds is 5. The van der Waals surface area contributed by atoms with Gasteiger partial charge in [-0.25, -0.2) is 0 Å². The molecule has 1 aliphatic carbocycles. The van der Waals surface area contributed by atoms with Crippen LogP contribution in [0.3, 0.4) is 0 Å². The van der Waals surface area contributed by atoms with Crippen molar-refractivity contribution in [3.63, 3.8) is 0 Å². The second kappa shape index (κ2) is 6.13. The first-order valence-electron chi connectivity index (χ1n) is 7.82. The first-order chi connectivity index (χ1) is 9.03. The van der Waals surface area contributed by atoms with Gasteiger partial charge in [-0.05, 0) is 56.1 Å². The first kappa shape index (κ1) is 14.6. The molecule has 1 aromatic heterocycles. The Morgan fingerprint density at radius 2 is 2.00 bits per heavy atom. The van der Waals surface area contributed by atoms with E-state index in [1.54, 1.807) is 6.26 Å². The molecule has 1 N–H and O–H groups in total. The Labute approximate surface area is 118 Å². The molecule has 0 unspecified atom stereocenters. The Bertz CT molecular complexity index is 361. The van der Waals surface area contributed by atoms with E-state index >= 15 is 0 Å². The van der Waals surface area contributed by atoms with E-state index in [0.717, 1.165) is 11.7 Å². The number of hydrogen-bond acceptors (Lipinski definition) is 2. The molecule has 1 aromatic rings. The maximum Gasteiger partial charge on any atom is 0.120 e. The highest BCUT2D eigenvalue weighted by atomic mass is 16.3. The molecule has 0 amide bonds. The molecule has 19 heavy (non-hydrogen) atoms. The molecule has 2 nitrogen and oxygen atoms in total. The summed E-state index contributed by atoms with van der Waals surface area (Å²) in [5.41, 5.74) is 0.512. The quantitative estimate of drug-likeness (QED) is 0.815. The van der Waals surface area contributed by atoms with Crippen molar-refractivity contribution in [3.05, 3.63) is 24.2 Å². The van der Waals surface area contributed by atoms with Crippen LogP contribution in [0.25, 0.3) is 0 Å². The second-order valence-corrected chi connectivity index (χ2v) is 6.79. The van der Waals surface area contributed by atoms with E-state index in [1.807, 2.05) is 6.07 Å². The Kier molecular flexibility index (Phi) is 4.72. The maximum absolute atomic E-state index is 5.47. The molecule has 2 rings (SSSR count). The van der Waals surface area contributed by atoms with Gasteiger partial charge in [-0.15, -0.1) is 0 Å². The van der Waals surface area contributed by atoms with Crippen LogP contribution in [-0.4, -0.2) is 6.04 Å². The third-order valence-electron chi connectivity index (χ3n) is 5.20. The van der Waals surface area contributed by atoms with E-state index in [4.69, 9.17) is 4.42 Å². The van der Waals surface area contributed by atoms with Crippen LogP contribution in [-0.2, 0) is 0 Å². The Morgan fingerprint density at radius 3 is 2.53 bits per heavy atom. The van der Waals surface area contributed by atoms with Crippen LogP contribution in [0.2, 0.25) is 0 Å². The van der Waals surface area contributed by atoms with E-state index in [1.165, 1.54) is 32.1 Å². The third-order valence-corrected chi connectivity index (χ3v) is 5.20. The predicted molar refractivity (Wildman–Crippen MR) is 80.1 cm³/mol. The third kappa shape index (κ3) is 3.62. The fraction of sp³-hybridized carbons (Fsp3) is 0.765. The predicted octanol–water partition coefficient (Wildman–Crippen LogP) is 4.93. The van der Waals surface area contributed by atoms with Gasteiger partial charge < -0.3 is 9.73 Å². The molecule has 1 heterocycles. The lowest BCUT2D eigenvalue weighted by Gasteiger charge is -2.39. The van der Waals surface area contributed by atoms with Crippen LogP contribution in [0.5, 0.6) is 0 Å². The number of hydrogen-bond donors (Lipinski definition) is 1. The van der Waals surface area contributed by atoms with Crippen molar-refractivity contribution < 1.29 is 4.42 Å². The van der Waals surface area contributed by atoms with Gasteiger partial charge in [-0.2, -0.15) is 0 Å². The Hall–Kier alpha value is -0.760. The summed E-state index contributed by atoms with van der Waals surface area (Å²) < 4.78 is 5.47. The molecule has 1 aliphatic rings. The lowest BCUT2D eigenvalue weighted by atomic mass is 9.69. The number of nitrogens with one attached hydrogen (secondary N) is 1. The summed E-state index contributed by atoms with van der Waals surface area (Å²) in [4.78, 5) is 0. The van der Waals surface area contributed by atoms with Gasteiger partial charge in [0.25, 0.3) is 0 Å². The molecule has 1 saturated carbocycles. The number of furan rings is 1. The van der Waals surface area contributed by atoms with Gasteiger partial charge in [0.05, 0.1) is 12.3 Å². The van der Waals surface area contributed by atoms with Gasteiger partial charge in [0, 0.05) is 6.04 Å². The average Bonchev–Trinajstić information content (AvgIpc) is 2.93. The molecular weight excluding hydrogens is 234 g/mol. The van der Waals surface area contributed by atoms with Crippen molar-refractivity contribution in [3.8, 4) is 0 Å². The molecule has 1 fully saturated rings.